The number of rotatable bonds is 7. The summed E-state index contributed by atoms with van der Waals surface area (Å²) in [5, 5.41) is 0. The van der Waals surface area contributed by atoms with Crippen LogP contribution in [0.25, 0.3) is 11.1 Å². The minimum absolute atomic E-state index is 0.142. The van der Waals surface area contributed by atoms with Crippen LogP contribution >= 0.6 is 0 Å². The van der Waals surface area contributed by atoms with Crippen LogP contribution < -0.4 is 0 Å². The molecule has 1 nitrogen and oxygen atoms in total. The highest BCUT2D eigenvalue weighted by Gasteiger charge is 2.26. The topological polar surface area (TPSA) is 3.24 Å². The molecule has 0 bridgehead atoms. The van der Waals surface area contributed by atoms with E-state index in [2.05, 4.69) is 53.4 Å². The second-order valence-electron chi connectivity index (χ2n) is 9.92. The van der Waals surface area contributed by atoms with Gasteiger partial charge < -0.3 is 4.90 Å². The minimum Gasteiger partial charge on any atom is -0.303 e. The minimum atomic E-state index is -0.226. The van der Waals surface area contributed by atoms with E-state index in [1.807, 2.05) is 19.1 Å². The zero-order chi connectivity index (χ0) is 23.5. The van der Waals surface area contributed by atoms with Gasteiger partial charge in [-0.15, -0.1) is 0 Å². The molecule has 3 aromatic rings. The Hall–Kier alpha value is -2.78. The van der Waals surface area contributed by atoms with Gasteiger partial charge in [-0.1, -0.05) is 60.2 Å². The molecule has 0 saturated carbocycles. The molecule has 0 unspecified atom stereocenters. The molecule has 3 aromatic carbocycles. The van der Waals surface area contributed by atoms with E-state index >= 15 is 4.39 Å². The molecular weight excluding hydrogens is 424 g/mol. The predicted octanol–water partition coefficient (Wildman–Crippen LogP) is 7.26. The van der Waals surface area contributed by atoms with E-state index in [4.69, 9.17) is 0 Å². The van der Waals surface area contributed by atoms with Crippen LogP contribution in [0.4, 0.5) is 8.78 Å². The Morgan fingerprint density at radius 1 is 0.912 bits per heavy atom. The maximum absolute atomic E-state index is 15.1. The first-order valence-corrected chi connectivity index (χ1v) is 12.6. The zero-order valence-electron chi connectivity index (χ0n) is 20.0. The van der Waals surface area contributed by atoms with Crippen molar-refractivity contribution in [2.45, 2.75) is 39.0 Å². The third-order valence-electron chi connectivity index (χ3n) is 7.32. The normalized spacial score (nSPS) is 16.8. The quantitative estimate of drug-likeness (QED) is 0.361. The third kappa shape index (κ3) is 4.86. The van der Waals surface area contributed by atoms with E-state index in [0.29, 0.717) is 12.3 Å². The van der Waals surface area contributed by atoms with Crippen molar-refractivity contribution in [3.8, 4) is 0 Å². The molecule has 5 rings (SSSR count). The Morgan fingerprint density at radius 2 is 1.71 bits per heavy atom. The predicted molar refractivity (Wildman–Crippen MR) is 137 cm³/mol. The van der Waals surface area contributed by atoms with E-state index in [9.17, 15) is 4.39 Å². The SMILES string of the molecule is Cc1ccc(F)c(C2=C(c3ccc(CC4CN(CCCF)C4)cc3)c3ccccc3CCC2)c1. The molecule has 0 amide bonds. The van der Waals surface area contributed by atoms with Gasteiger partial charge in [-0.3, -0.25) is 4.39 Å². The molecular formula is C31H33F2N. The lowest BCUT2D eigenvalue weighted by Crippen LogP contribution is -2.47. The summed E-state index contributed by atoms with van der Waals surface area (Å²) in [5.41, 5.74) is 9.16. The lowest BCUT2D eigenvalue weighted by atomic mass is 9.86. The molecule has 3 heteroatoms. The van der Waals surface area contributed by atoms with Crippen LogP contribution in [0.5, 0.6) is 0 Å². The Labute approximate surface area is 202 Å². The van der Waals surface area contributed by atoms with Gasteiger partial charge in [-0.05, 0) is 90.5 Å². The monoisotopic (exact) mass is 457 g/mol. The average Bonchev–Trinajstić information content (AvgIpc) is 3.02. The third-order valence-corrected chi connectivity index (χ3v) is 7.32. The number of hydrogen-bond donors (Lipinski definition) is 0. The van der Waals surface area contributed by atoms with Gasteiger partial charge in [0, 0.05) is 25.2 Å². The molecule has 1 aliphatic carbocycles. The highest BCUT2D eigenvalue weighted by atomic mass is 19.1. The lowest BCUT2D eigenvalue weighted by molar-refractivity contribution is 0.0968. The van der Waals surface area contributed by atoms with Crippen LogP contribution in [-0.4, -0.2) is 31.2 Å². The van der Waals surface area contributed by atoms with Gasteiger partial charge in [0.2, 0.25) is 0 Å². The summed E-state index contributed by atoms with van der Waals surface area (Å²) in [6.45, 7) is 4.81. The van der Waals surface area contributed by atoms with Gasteiger partial charge in [0.25, 0.3) is 0 Å². The molecule has 1 saturated heterocycles. The number of aryl methyl sites for hydroxylation is 2. The van der Waals surface area contributed by atoms with Crippen LogP contribution in [0, 0.1) is 18.7 Å². The molecule has 2 aliphatic rings. The number of nitrogens with zero attached hydrogens (tertiary/aromatic N) is 1. The van der Waals surface area contributed by atoms with Gasteiger partial charge >= 0.3 is 0 Å². The zero-order valence-corrected chi connectivity index (χ0v) is 20.0. The maximum Gasteiger partial charge on any atom is 0.130 e. The van der Waals surface area contributed by atoms with Gasteiger partial charge in [0.05, 0.1) is 6.67 Å². The highest BCUT2D eigenvalue weighted by Crippen LogP contribution is 2.40. The molecule has 176 valence electrons. The van der Waals surface area contributed by atoms with Crippen molar-refractivity contribution in [2.75, 3.05) is 26.3 Å². The van der Waals surface area contributed by atoms with Crippen LogP contribution in [0.2, 0.25) is 0 Å². The Kier molecular flexibility index (Phi) is 6.92. The number of alkyl halides is 1. The summed E-state index contributed by atoms with van der Waals surface area (Å²) >= 11 is 0. The van der Waals surface area contributed by atoms with Crippen LogP contribution in [-0.2, 0) is 12.8 Å². The molecule has 0 N–H and O–H groups in total. The summed E-state index contributed by atoms with van der Waals surface area (Å²) in [5.74, 6) is 0.511. The second-order valence-corrected chi connectivity index (χ2v) is 9.92. The molecule has 1 heterocycles. The largest absolute Gasteiger partial charge is 0.303 e. The fourth-order valence-corrected chi connectivity index (χ4v) is 5.61. The smallest absolute Gasteiger partial charge is 0.130 e. The molecule has 34 heavy (non-hydrogen) atoms. The van der Waals surface area contributed by atoms with E-state index < -0.39 is 0 Å². The maximum atomic E-state index is 15.1. The van der Waals surface area contributed by atoms with E-state index in [0.717, 1.165) is 67.6 Å². The van der Waals surface area contributed by atoms with Crippen molar-refractivity contribution in [3.63, 3.8) is 0 Å². The first kappa shape index (κ1) is 23.0. The van der Waals surface area contributed by atoms with E-state index in [-0.39, 0.29) is 12.5 Å². The van der Waals surface area contributed by atoms with Crippen LogP contribution in [0.1, 0.15) is 52.6 Å². The van der Waals surface area contributed by atoms with Crippen molar-refractivity contribution >= 4 is 11.1 Å². The summed E-state index contributed by atoms with van der Waals surface area (Å²) < 4.78 is 27.4. The highest BCUT2D eigenvalue weighted by molar-refractivity contribution is 6.00. The standard InChI is InChI=1S/C31H33F2N/c1-22-10-15-30(33)29(18-22)28-9-4-7-25-6-2-3-8-27(25)31(28)26-13-11-23(12-14-26)19-24-20-34(21-24)17-5-16-32/h2-3,6,8,10-15,18,24H,4-5,7,9,16-17,19-21H2,1H3. The molecule has 0 aromatic heterocycles. The fraction of sp³-hybridized carbons (Fsp3) is 0.355. The molecule has 1 aliphatic heterocycles. The van der Waals surface area contributed by atoms with Crippen molar-refractivity contribution in [3.05, 3.63) is 106 Å². The summed E-state index contributed by atoms with van der Waals surface area (Å²) in [4.78, 5) is 2.34. The number of fused-ring (bicyclic) bond motifs is 1. The summed E-state index contributed by atoms with van der Waals surface area (Å²) in [6, 6.07) is 23.0. The van der Waals surface area contributed by atoms with E-state index in [1.54, 1.807) is 6.07 Å². The van der Waals surface area contributed by atoms with Gasteiger partial charge in [0.1, 0.15) is 5.82 Å². The number of halogens is 2. The van der Waals surface area contributed by atoms with Crippen molar-refractivity contribution < 1.29 is 8.78 Å². The van der Waals surface area contributed by atoms with E-state index in [1.165, 1.54) is 22.3 Å². The number of benzene rings is 3. The Morgan fingerprint density at radius 3 is 2.50 bits per heavy atom. The average molecular weight is 458 g/mol. The number of allylic oxidation sites excluding steroid dienone is 1. The van der Waals surface area contributed by atoms with Crippen molar-refractivity contribution in [1.29, 1.82) is 0 Å². The lowest BCUT2D eigenvalue weighted by Gasteiger charge is -2.39. The van der Waals surface area contributed by atoms with Crippen LogP contribution in [0.15, 0.2) is 66.7 Å². The van der Waals surface area contributed by atoms with Gasteiger partial charge in [-0.2, -0.15) is 0 Å². The molecule has 0 atom stereocenters. The van der Waals surface area contributed by atoms with Gasteiger partial charge in [-0.25, -0.2) is 4.39 Å². The van der Waals surface area contributed by atoms with Crippen molar-refractivity contribution in [2.24, 2.45) is 5.92 Å². The van der Waals surface area contributed by atoms with Gasteiger partial charge in [0.15, 0.2) is 0 Å². The Balaban J connectivity index is 1.47. The summed E-state index contributed by atoms with van der Waals surface area (Å²) in [6.07, 6.45) is 4.59. The molecule has 0 radical (unpaired) electrons. The van der Waals surface area contributed by atoms with Crippen LogP contribution in [0.3, 0.4) is 0 Å². The molecule has 1 fully saturated rings. The fourth-order valence-electron chi connectivity index (χ4n) is 5.61. The Bertz CT molecular complexity index is 1170. The number of hydrogen-bond acceptors (Lipinski definition) is 1. The first-order valence-electron chi connectivity index (χ1n) is 12.6. The molecule has 0 spiro atoms. The number of likely N-dealkylation sites (tertiary alicyclic amines) is 1. The first-order chi connectivity index (χ1) is 16.6. The second kappa shape index (κ2) is 10.2. The van der Waals surface area contributed by atoms with Crippen molar-refractivity contribution in [1.82, 2.24) is 4.90 Å². The summed E-state index contributed by atoms with van der Waals surface area (Å²) in [7, 11) is 0.